The van der Waals surface area contributed by atoms with Crippen LogP contribution in [-0.4, -0.2) is 35.8 Å². The maximum absolute atomic E-state index is 13.0. The van der Waals surface area contributed by atoms with Crippen LogP contribution in [0, 0.1) is 0 Å². The van der Waals surface area contributed by atoms with Gasteiger partial charge in [-0.15, -0.1) is 0 Å². The fraction of sp³-hybridized carbons (Fsp3) is 0.588. The third-order valence-corrected chi connectivity index (χ3v) is 7.32. The largest absolute Gasteiger partial charge is 0.330 e. The molecule has 0 aromatic carbocycles. The van der Waals surface area contributed by atoms with Gasteiger partial charge in [-0.1, -0.05) is 13.8 Å². The molecule has 1 saturated heterocycles. The van der Waals surface area contributed by atoms with E-state index in [0.717, 1.165) is 30.5 Å². The summed E-state index contributed by atoms with van der Waals surface area (Å²) in [7, 11) is -3.32. The van der Waals surface area contributed by atoms with E-state index in [2.05, 4.69) is 10.3 Å². The highest BCUT2D eigenvalue weighted by molar-refractivity contribution is 7.92. The molecule has 2 aromatic heterocycles. The molecule has 1 fully saturated rings. The van der Waals surface area contributed by atoms with Gasteiger partial charge in [-0.05, 0) is 44.4 Å². The van der Waals surface area contributed by atoms with Gasteiger partial charge >= 0.3 is 0 Å². The normalized spacial score (nSPS) is 19.0. The molecule has 126 valence electrons. The second kappa shape index (κ2) is 6.61. The average molecular weight is 335 g/mol. The molecular formula is C17H25N3O2S. The maximum Gasteiger partial charge on any atom is 0.183 e. The van der Waals surface area contributed by atoms with Gasteiger partial charge in [-0.2, -0.15) is 0 Å². The minimum atomic E-state index is -3.32. The van der Waals surface area contributed by atoms with Crippen LogP contribution in [0.25, 0.3) is 11.0 Å². The topological polar surface area (TPSA) is 64.0 Å². The van der Waals surface area contributed by atoms with Crippen molar-refractivity contribution < 1.29 is 8.42 Å². The predicted octanol–water partition coefficient (Wildman–Crippen LogP) is 2.75. The van der Waals surface area contributed by atoms with E-state index in [9.17, 15) is 8.42 Å². The van der Waals surface area contributed by atoms with E-state index in [-0.39, 0.29) is 5.25 Å². The molecule has 1 aliphatic heterocycles. The van der Waals surface area contributed by atoms with Crippen molar-refractivity contribution in [2.45, 2.75) is 62.3 Å². The number of pyridine rings is 1. The van der Waals surface area contributed by atoms with Gasteiger partial charge in [0.25, 0.3) is 0 Å². The van der Waals surface area contributed by atoms with Crippen LogP contribution in [0.4, 0.5) is 0 Å². The lowest BCUT2D eigenvalue weighted by Gasteiger charge is -2.13. The summed E-state index contributed by atoms with van der Waals surface area (Å²) in [4.78, 5) is 4.88. The summed E-state index contributed by atoms with van der Waals surface area (Å²) >= 11 is 0. The number of nitrogens with zero attached hydrogens (tertiary/aromatic N) is 2. The summed E-state index contributed by atoms with van der Waals surface area (Å²) in [5, 5.41) is 3.88. The average Bonchev–Trinajstić information content (AvgIpc) is 3.17. The zero-order valence-corrected chi connectivity index (χ0v) is 14.6. The molecule has 1 unspecified atom stereocenters. The molecule has 0 saturated carbocycles. The molecule has 23 heavy (non-hydrogen) atoms. The number of hydrogen-bond acceptors (Lipinski definition) is 4. The zero-order valence-electron chi connectivity index (χ0n) is 13.8. The van der Waals surface area contributed by atoms with Gasteiger partial charge in [0.1, 0.15) is 5.65 Å². The van der Waals surface area contributed by atoms with E-state index in [1.54, 1.807) is 12.4 Å². The second-order valence-electron chi connectivity index (χ2n) is 6.30. The van der Waals surface area contributed by atoms with Gasteiger partial charge in [0.15, 0.2) is 9.84 Å². The Morgan fingerprint density at radius 2 is 2.17 bits per heavy atom. The lowest BCUT2D eigenvalue weighted by atomic mass is 10.2. The van der Waals surface area contributed by atoms with Crippen molar-refractivity contribution in [2.75, 3.05) is 6.54 Å². The minimum Gasteiger partial charge on any atom is -0.330 e. The van der Waals surface area contributed by atoms with E-state index in [4.69, 9.17) is 0 Å². The van der Waals surface area contributed by atoms with Crippen molar-refractivity contribution in [1.29, 1.82) is 0 Å². The lowest BCUT2D eigenvalue weighted by molar-refractivity contribution is 0.515. The summed E-state index contributed by atoms with van der Waals surface area (Å²) in [6, 6.07) is 4.08. The van der Waals surface area contributed by atoms with Crippen molar-refractivity contribution in [2.24, 2.45) is 0 Å². The molecule has 0 bridgehead atoms. The van der Waals surface area contributed by atoms with E-state index >= 15 is 0 Å². The quantitative estimate of drug-likeness (QED) is 0.881. The second-order valence-corrected chi connectivity index (χ2v) is 8.49. The fourth-order valence-electron chi connectivity index (χ4n) is 3.51. The summed E-state index contributed by atoms with van der Waals surface area (Å²) < 4.78 is 28.0. The highest BCUT2D eigenvalue weighted by Crippen LogP contribution is 2.29. The van der Waals surface area contributed by atoms with Crippen molar-refractivity contribution >= 4 is 20.9 Å². The standard InChI is InChI=1S/C17H25N3O2S/c1-3-14(4-2)23(21,22)16-12-20(11-13-7-5-9-18-13)17-15(16)8-6-10-19-17/h6,8,10,12-14,18H,3-5,7,9,11H2,1-2H3. The van der Waals surface area contributed by atoms with Gasteiger partial charge in [-0.3, -0.25) is 0 Å². The molecule has 0 aliphatic carbocycles. The zero-order chi connectivity index (χ0) is 16.4. The van der Waals surface area contributed by atoms with Crippen LogP contribution >= 0.6 is 0 Å². The van der Waals surface area contributed by atoms with Crippen molar-refractivity contribution in [3.8, 4) is 0 Å². The first-order valence-electron chi connectivity index (χ1n) is 8.49. The van der Waals surface area contributed by atoms with Crippen LogP contribution in [0.5, 0.6) is 0 Å². The molecule has 3 heterocycles. The Labute approximate surface area is 138 Å². The molecule has 0 radical (unpaired) electrons. The number of rotatable bonds is 6. The Kier molecular flexibility index (Phi) is 4.73. The molecular weight excluding hydrogens is 310 g/mol. The molecule has 1 atom stereocenters. The lowest BCUT2D eigenvalue weighted by Crippen LogP contribution is -2.26. The summed E-state index contributed by atoms with van der Waals surface area (Å²) in [6.07, 6.45) is 7.10. The summed E-state index contributed by atoms with van der Waals surface area (Å²) in [5.41, 5.74) is 0.769. The molecule has 3 rings (SSSR count). The number of fused-ring (bicyclic) bond motifs is 1. The number of nitrogens with one attached hydrogen (secondary N) is 1. The van der Waals surface area contributed by atoms with E-state index in [1.807, 2.05) is 30.5 Å². The van der Waals surface area contributed by atoms with Crippen molar-refractivity contribution in [3.63, 3.8) is 0 Å². The van der Waals surface area contributed by atoms with E-state index in [1.165, 1.54) is 6.42 Å². The minimum absolute atomic E-state index is 0.327. The number of hydrogen-bond donors (Lipinski definition) is 1. The monoisotopic (exact) mass is 335 g/mol. The van der Waals surface area contributed by atoms with Crippen molar-refractivity contribution in [1.82, 2.24) is 14.9 Å². The van der Waals surface area contributed by atoms with E-state index < -0.39 is 9.84 Å². The molecule has 1 aliphatic rings. The highest BCUT2D eigenvalue weighted by atomic mass is 32.2. The third-order valence-electron chi connectivity index (χ3n) is 4.83. The van der Waals surface area contributed by atoms with Crippen molar-refractivity contribution in [3.05, 3.63) is 24.5 Å². The number of aromatic nitrogens is 2. The highest BCUT2D eigenvalue weighted by Gasteiger charge is 2.29. The molecule has 0 amide bonds. The van der Waals surface area contributed by atoms with Crippen LogP contribution in [0.2, 0.25) is 0 Å². The summed E-state index contributed by atoms with van der Waals surface area (Å²) in [5.74, 6) is 0. The molecule has 6 heteroatoms. The van der Waals surface area contributed by atoms with Crippen LogP contribution in [0.1, 0.15) is 39.5 Å². The van der Waals surface area contributed by atoms with Crippen LogP contribution in [0.15, 0.2) is 29.4 Å². The number of sulfone groups is 1. The Hall–Kier alpha value is -1.40. The molecule has 0 spiro atoms. The first kappa shape index (κ1) is 16.5. The Balaban J connectivity index is 2.07. The Bertz CT molecular complexity index is 772. The first-order valence-corrected chi connectivity index (χ1v) is 10.0. The van der Waals surface area contributed by atoms with Gasteiger partial charge in [0, 0.05) is 30.4 Å². The first-order chi connectivity index (χ1) is 11.1. The van der Waals surface area contributed by atoms with Crippen LogP contribution in [0.3, 0.4) is 0 Å². The third kappa shape index (κ3) is 3.02. The smallest absolute Gasteiger partial charge is 0.183 e. The summed E-state index contributed by atoms with van der Waals surface area (Å²) in [6.45, 7) is 5.68. The van der Waals surface area contributed by atoms with Gasteiger partial charge in [0.2, 0.25) is 0 Å². The van der Waals surface area contributed by atoms with Crippen LogP contribution in [-0.2, 0) is 16.4 Å². The Morgan fingerprint density at radius 1 is 1.39 bits per heavy atom. The SMILES string of the molecule is CCC(CC)S(=O)(=O)c1cn(CC2CCCN2)c2ncccc12. The molecule has 5 nitrogen and oxygen atoms in total. The molecule has 1 N–H and O–H groups in total. The Morgan fingerprint density at radius 3 is 2.83 bits per heavy atom. The molecule has 2 aromatic rings. The maximum atomic E-state index is 13.0. The van der Waals surface area contributed by atoms with E-state index in [0.29, 0.717) is 23.8 Å². The van der Waals surface area contributed by atoms with Gasteiger partial charge in [-0.25, -0.2) is 13.4 Å². The van der Waals surface area contributed by atoms with Crippen LogP contribution < -0.4 is 5.32 Å². The van der Waals surface area contributed by atoms with Gasteiger partial charge in [0.05, 0.1) is 10.1 Å². The fourth-order valence-corrected chi connectivity index (χ4v) is 5.49. The predicted molar refractivity (Wildman–Crippen MR) is 92.3 cm³/mol. The van der Waals surface area contributed by atoms with Gasteiger partial charge < -0.3 is 9.88 Å².